The molecule has 0 saturated heterocycles. The molecule has 0 aliphatic heterocycles. The summed E-state index contributed by atoms with van der Waals surface area (Å²) in [6, 6.07) is 0. The lowest BCUT2D eigenvalue weighted by Gasteiger charge is -2.23. The molecule has 17 heavy (non-hydrogen) atoms. The lowest BCUT2D eigenvalue weighted by molar-refractivity contribution is 0.425. The van der Waals surface area contributed by atoms with Crippen LogP contribution in [0.15, 0.2) is 0 Å². The molecular formula is C13H27NO2S. The Morgan fingerprint density at radius 1 is 1.12 bits per heavy atom. The van der Waals surface area contributed by atoms with E-state index in [1.54, 1.807) is 0 Å². The number of hydrogen-bond acceptors (Lipinski definition) is 3. The van der Waals surface area contributed by atoms with Crippen molar-refractivity contribution in [2.45, 2.75) is 70.1 Å². The van der Waals surface area contributed by atoms with Gasteiger partial charge in [0.1, 0.15) is 0 Å². The summed E-state index contributed by atoms with van der Waals surface area (Å²) < 4.78 is 24.2. The summed E-state index contributed by atoms with van der Waals surface area (Å²) in [5, 5.41) is 3.28. The molecule has 0 radical (unpaired) electrons. The summed E-state index contributed by atoms with van der Waals surface area (Å²) in [6.07, 6.45) is 5.88. The SMILES string of the molecule is CC(C)(C)NCCCS(=O)(=O)C1CCCCC1. The number of sulfone groups is 1. The summed E-state index contributed by atoms with van der Waals surface area (Å²) in [6.45, 7) is 7.09. The molecule has 1 N–H and O–H groups in total. The minimum Gasteiger partial charge on any atom is -0.312 e. The molecule has 0 aromatic rings. The maximum Gasteiger partial charge on any atom is 0.153 e. The Balaban J connectivity index is 2.29. The van der Waals surface area contributed by atoms with Crippen molar-refractivity contribution in [3.05, 3.63) is 0 Å². The Labute approximate surface area is 106 Å². The highest BCUT2D eigenvalue weighted by atomic mass is 32.2. The van der Waals surface area contributed by atoms with Crippen LogP contribution >= 0.6 is 0 Å². The molecule has 4 heteroatoms. The monoisotopic (exact) mass is 261 g/mol. The maximum atomic E-state index is 12.1. The van der Waals surface area contributed by atoms with E-state index in [0.717, 1.165) is 38.6 Å². The van der Waals surface area contributed by atoms with E-state index in [2.05, 4.69) is 26.1 Å². The van der Waals surface area contributed by atoms with E-state index in [4.69, 9.17) is 0 Å². The van der Waals surface area contributed by atoms with E-state index < -0.39 is 9.84 Å². The first-order valence-corrected chi connectivity index (χ1v) is 8.49. The van der Waals surface area contributed by atoms with E-state index in [9.17, 15) is 8.42 Å². The van der Waals surface area contributed by atoms with Crippen LogP contribution in [-0.2, 0) is 9.84 Å². The molecule has 0 unspecified atom stereocenters. The average molecular weight is 261 g/mol. The fourth-order valence-electron chi connectivity index (χ4n) is 2.33. The van der Waals surface area contributed by atoms with E-state index in [0.29, 0.717) is 5.75 Å². The zero-order chi connectivity index (χ0) is 12.9. The zero-order valence-corrected chi connectivity index (χ0v) is 12.3. The summed E-state index contributed by atoms with van der Waals surface area (Å²) in [4.78, 5) is 0. The molecule has 1 saturated carbocycles. The fraction of sp³-hybridized carbons (Fsp3) is 1.00. The predicted octanol–water partition coefficient (Wildman–Crippen LogP) is 2.51. The quantitative estimate of drug-likeness (QED) is 0.774. The Bertz CT molecular complexity index is 311. The van der Waals surface area contributed by atoms with Crippen LogP contribution in [-0.4, -0.2) is 31.5 Å². The lowest BCUT2D eigenvalue weighted by Crippen LogP contribution is -2.37. The highest BCUT2D eigenvalue weighted by Gasteiger charge is 2.26. The first-order valence-electron chi connectivity index (χ1n) is 6.78. The fourth-order valence-corrected chi connectivity index (χ4v) is 4.26. The number of hydrogen-bond donors (Lipinski definition) is 1. The second-order valence-electron chi connectivity index (χ2n) is 6.16. The van der Waals surface area contributed by atoms with E-state index in [1.165, 1.54) is 6.42 Å². The standard InChI is InChI=1S/C13H27NO2S/c1-13(2,3)14-10-7-11-17(15,16)12-8-5-4-6-9-12/h12,14H,4-11H2,1-3H3. The molecule has 1 rings (SSSR count). The van der Waals surface area contributed by atoms with Crippen LogP contribution in [0, 0.1) is 0 Å². The zero-order valence-electron chi connectivity index (χ0n) is 11.5. The summed E-state index contributed by atoms with van der Waals surface area (Å²) in [5.74, 6) is 0.348. The van der Waals surface area contributed by atoms with Crippen molar-refractivity contribution >= 4 is 9.84 Å². The van der Waals surface area contributed by atoms with Crippen LogP contribution in [0.2, 0.25) is 0 Å². The smallest absolute Gasteiger partial charge is 0.153 e. The molecule has 1 aliphatic carbocycles. The first-order chi connectivity index (χ1) is 7.81. The maximum absolute atomic E-state index is 12.1. The third-order valence-electron chi connectivity index (χ3n) is 3.32. The summed E-state index contributed by atoms with van der Waals surface area (Å²) in [5.41, 5.74) is 0.0780. The van der Waals surface area contributed by atoms with Crippen molar-refractivity contribution in [2.75, 3.05) is 12.3 Å². The molecule has 0 aromatic heterocycles. The van der Waals surface area contributed by atoms with Gasteiger partial charge in [-0.1, -0.05) is 19.3 Å². The molecule has 0 heterocycles. The van der Waals surface area contributed by atoms with Crippen molar-refractivity contribution in [2.24, 2.45) is 0 Å². The summed E-state index contributed by atoms with van der Waals surface area (Å²) in [7, 11) is -2.84. The van der Waals surface area contributed by atoms with Crippen LogP contribution in [0.1, 0.15) is 59.3 Å². The summed E-state index contributed by atoms with van der Waals surface area (Å²) >= 11 is 0. The molecule has 0 aromatic carbocycles. The topological polar surface area (TPSA) is 46.2 Å². The number of nitrogens with one attached hydrogen (secondary N) is 1. The highest BCUT2D eigenvalue weighted by Crippen LogP contribution is 2.24. The van der Waals surface area contributed by atoms with Gasteiger partial charge in [-0.05, 0) is 46.6 Å². The lowest BCUT2D eigenvalue weighted by atomic mass is 10.0. The van der Waals surface area contributed by atoms with E-state index in [1.807, 2.05) is 0 Å². The Hall–Kier alpha value is -0.0900. The third-order valence-corrected chi connectivity index (χ3v) is 5.67. The van der Waals surface area contributed by atoms with Crippen LogP contribution < -0.4 is 5.32 Å². The molecule has 3 nitrogen and oxygen atoms in total. The van der Waals surface area contributed by atoms with Gasteiger partial charge in [0.2, 0.25) is 0 Å². The minimum atomic E-state index is -2.84. The van der Waals surface area contributed by atoms with Crippen molar-refractivity contribution in [1.82, 2.24) is 5.32 Å². The molecule has 0 atom stereocenters. The molecule has 102 valence electrons. The van der Waals surface area contributed by atoms with Gasteiger partial charge in [-0.15, -0.1) is 0 Å². The largest absolute Gasteiger partial charge is 0.312 e. The Morgan fingerprint density at radius 2 is 1.71 bits per heavy atom. The molecular weight excluding hydrogens is 234 g/mol. The average Bonchev–Trinajstić information content (AvgIpc) is 2.25. The minimum absolute atomic E-state index is 0.0501. The molecule has 0 amide bonds. The van der Waals surface area contributed by atoms with Crippen LogP contribution in [0.5, 0.6) is 0 Å². The molecule has 0 spiro atoms. The van der Waals surface area contributed by atoms with Gasteiger partial charge in [0, 0.05) is 5.54 Å². The number of rotatable bonds is 5. The first kappa shape index (κ1) is 15.0. The predicted molar refractivity (Wildman–Crippen MR) is 73.0 cm³/mol. The van der Waals surface area contributed by atoms with Crippen molar-refractivity contribution in [1.29, 1.82) is 0 Å². The van der Waals surface area contributed by atoms with Gasteiger partial charge in [-0.25, -0.2) is 8.42 Å². The van der Waals surface area contributed by atoms with Crippen molar-refractivity contribution in [3.8, 4) is 0 Å². The van der Waals surface area contributed by atoms with Crippen LogP contribution in [0.4, 0.5) is 0 Å². The molecule has 1 aliphatic rings. The van der Waals surface area contributed by atoms with Crippen LogP contribution in [0.25, 0.3) is 0 Å². The van der Waals surface area contributed by atoms with Gasteiger partial charge in [0.05, 0.1) is 11.0 Å². The third kappa shape index (κ3) is 5.87. The Kier molecular flexibility index (Phi) is 5.45. The Morgan fingerprint density at radius 3 is 2.24 bits per heavy atom. The highest BCUT2D eigenvalue weighted by molar-refractivity contribution is 7.92. The van der Waals surface area contributed by atoms with E-state index >= 15 is 0 Å². The van der Waals surface area contributed by atoms with Gasteiger partial charge in [0.25, 0.3) is 0 Å². The second-order valence-corrected chi connectivity index (χ2v) is 8.56. The van der Waals surface area contributed by atoms with E-state index in [-0.39, 0.29) is 10.8 Å². The van der Waals surface area contributed by atoms with Gasteiger partial charge in [-0.2, -0.15) is 0 Å². The van der Waals surface area contributed by atoms with Gasteiger partial charge in [-0.3, -0.25) is 0 Å². The van der Waals surface area contributed by atoms with Gasteiger partial charge in [0.15, 0.2) is 9.84 Å². The second kappa shape index (κ2) is 6.19. The van der Waals surface area contributed by atoms with Gasteiger partial charge >= 0.3 is 0 Å². The van der Waals surface area contributed by atoms with Gasteiger partial charge < -0.3 is 5.32 Å². The molecule has 0 bridgehead atoms. The van der Waals surface area contributed by atoms with Crippen molar-refractivity contribution in [3.63, 3.8) is 0 Å². The molecule has 1 fully saturated rings. The normalized spacial score (nSPS) is 19.5. The van der Waals surface area contributed by atoms with Crippen molar-refractivity contribution < 1.29 is 8.42 Å². The van der Waals surface area contributed by atoms with Crippen LogP contribution in [0.3, 0.4) is 0 Å².